The molecule has 0 radical (unpaired) electrons. The number of nitrogens with one attached hydrogen (secondary N) is 1. The molecule has 1 aromatic carbocycles. The SMILES string of the molecule is O=C(NCC(=O)N1CCCC1c1ccc2c(c1)OCCCO2)c1ccco1. The van der Waals surface area contributed by atoms with Crippen LogP contribution in [-0.4, -0.2) is 43.0 Å². The second-order valence-electron chi connectivity index (χ2n) is 6.66. The summed E-state index contributed by atoms with van der Waals surface area (Å²) in [7, 11) is 0. The number of hydrogen-bond acceptors (Lipinski definition) is 5. The molecule has 3 heterocycles. The van der Waals surface area contributed by atoms with Gasteiger partial charge in [0.25, 0.3) is 5.91 Å². The minimum atomic E-state index is -0.389. The summed E-state index contributed by atoms with van der Waals surface area (Å²) in [5, 5.41) is 2.62. The highest BCUT2D eigenvalue weighted by Crippen LogP contribution is 2.37. The van der Waals surface area contributed by atoms with Crippen LogP contribution in [-0.2, 0) is 4.79 Å². The number of carbonyl (C=O) groups is 2. The fourth-order valence-electron chi connectivity index (χ4n) is 3.55. The summed E-state index contributed by atoms with van der Waals surface area (Å²) in [6.45, 7) is 1.90. The maximum absolute atomic E-state index is 12.7. The molecule has 2 amide bonds. The van der Waals surface area contributed by atoms with E-state index in [4.69, 9.17) is 13.9 Å². The average molecular weight is 370 g/mol. The number of benzene rings is 1. The first-order valence-electron chi connectivity index (χ1n) is 9.23. The van der Waals surface area contributed by atoms with Crippen LogP contribution in [0.5, 0.6) is 11.5 Å². The third kappa shape index (κ3) is 3.77. The van der Waals surface area contributed by atoms with Crippen LogP contribution < -0.4 is 14.8 Å². The normalized spacial score (nSPS) is 18.8. The van der Waals surface area contributed by atoms with E-state index in [0.717, 1.165) is 36.3 Å². The van der Waals surface area contributed by atoms with Gasteiger partial charge in [0.15, 0.2) is 17.3 Å². The molecule has 27 heavy (non-hydrogen) atoms. The average Bonchev–Trinajstić information content (AvgIpc) is 3.34. The summed E-state index contributed by atoms with van der Waals surface area (Å²) < 4.78 is 16.5. The van der Waals surface area contributed by atoms with Crippen molar-refractivity contribution < 1.29 is 23.5 Å². The van der Waals surface area contributed by atoms with Crippen molar-refractivity contribution in [2.24, 2.45) is 0 Å². The lowest BCUT2D eigenvalue weighted by Gasteiger charge is -2.25. The molecule has 1 atom stereocenters. The van der Waals surface area contributed by atoms with Crippen LogP contribution in [0.25, 0.3) is 0 Å². The first-order chi connectivity index (χ1) is 13.2. The van der Waals surface area contributed by atoms with Crippen molar-refractivity contribution >= 4 is 11.8 Å². The molecule has 142 valence electrons. The lowest BCUT2D eigenvalue weighted by molar-refractivity contribution is -0.131. The van der Waals surface area contributed by atoms with Gasteiger partial charge in [-0.25, -0.2) is 0 Å². The molecule has 7 heteroatoms. The Bertz CT molecular complexity index is 818. The molecular formula is C20H22N2O5. The molecule has 2 aromatic rings. The van der Waals surface area contributed by atoms with Gasteiger partial charge in [-0.1, -0.05) is 6.07 Å². The van der Waals surface area contributed by atoms with E-state index in [1.54, 1.807) is 12.1 Å². The lowest BCUT2D eigenvalue weighted by Crippen LogP contribution is -2.39. The van der Waals surface area contributed by atoms with E-state index >= 15 is 0 Å². The molecule has 0 spiro atoms. The third-order valence-corrected chi connectivity index (χ3v) is 4.87. The van der Waals surface area contributed by atoms with E-state index in [1.807, 2.05) is 23.1 Å². The maximum atomic E-state index is 12.7. The fraction of sp³-hybridized carbons (Fsp3) is 0.400. The minimum Gasteiger partial charge on any atom is -0.490 e. The predicted octanol–water partition coefficient (Wildman–Crippen LogP) is 2.53. The Morgan fingerprint density at radius 1 is 1.11 bits per heavy atom. The Labute approximate surface area is 157 Å². The quantitative estimate of drug-likeness (QED) is 0.894. The Kier molecular flexibility index (Phi) is 5.00. The number of hydrogen-bond donors (Lipinski definition) is 1. The van der Waals surface area contributed by atoms with Gasteiger partial charge >= 0.3 is 0 Å². The van der Waals surface area contributed by atoms with Crippen LogP contribution in [0.4, 0.5) is 0 Å². The number of ether oxygens (including phenoxy) is 2. The maximum Gasteiger partial charge on any atom is 0.287 e. The second-order valence-corrected chi connectivity index (χ2v) is 6.66. The highest BCUT2D eigenvalue weighted by atomic mass is 16.5. The van der Waals surface area contributed by atoms with Gasteiger partial charge in [0, 0.05) is 13.0 Å². The van der Waals surface area contributed by atoms with Crippen molar-refractivity contribution in [2.75, 3.05) is 26.3 Å². The molecule has 1 N–H and O–H groups in total. The van der Waals surface area contributed by atoms with E-state index in [2.05, 4.69) is 5.32 Å². The molecule has 0 aliphatic carbocycles. The summed E-state index contributed by atoms with van der Waals surface area (Å²) in [5.41, 5.74) is 1.03. The summed E-state index contributed by atoms with van der Waals surface area (Å²) in [6, 6.07) is 9.06. The van der Waals surface area contributed by atoms with Crippen LogP contribution in [0, 0.1) is 0 Å². The van der Waals surface area contributed by atoms with Gasteiger partial charge < -0.3 is 24.1 Å². The van der Waals surface area contributed by atoms with Crippen LogP contribution in [0.2, 0.25) is 0 Å². The van der Waals surface area contributed by atoms with Gasteiger partial charge in [-0.15, -0.1) is 0 Å². The molecule has 2 aliphatic rings. The first-order valence-corrected chi connectivity index (χ1v) is 9.23. The summed E-state index contributed by atoms with van der Waals surface area (Å²) in [5.74, 6) is 1.18. The first kappa shape index (κ1) is 17.5. The third-order valence-electron chi connectivity index (χ3n) is 4.87. The van der Waals surface area contributed by atoms with E-state index < -0.39 is 0 Å². The molecule has 0 bridgehead atoms. The topological polar surface area (TPSA) is 81.0 Å². The van der Waals surface area contributed by atoms with Crippen molar-refractivity contribution in [2.45, 2.75) is 25.3 Å². The monoisotopic (exact) mass is 370 g/mol. The van der Waals surface area contributed by atoms with E-state index in [9.17, 15) is 9.59 Å². The number of nitrogens with zero attached hydrogens (tertiary/aromatic N) is 1. The number of carbonyl (C=O) groups excluding carboxylic acids is 2. The van der Waals surface area contributed by atoms with Crippen molar-refractivity contribution in [1.82, 2.24) is 10.2 Å². The van der Waals surface area contributed by atoms with Crippen molar-refractivity contribution in [1.29, 1.82) is 0 Å². The molecule has 0 saturated carbocycles. The summed E-state index contributed by atoms with van der Waals surface area (Å²) >= 11 is 0. The van der Waals surface area contributed by atoms with Crippen molar-refractivity contribution in [3.63, 3.8) is 0 Å². The van der Waals surface area contributed by atoms with Gasteiger partial charge in [-0.2, -0.15) is 0 Å². The standard InChI is InChI=1S/C20H22N2O5/c23-19(13-21-20(24)17-5-2-9-26-17)22-8-1-4-15(22)14-6-7-16-18(12-14)27-11-3-10-25-16/h2,5-7,9,12,15H,1,3-4,8,10-11,13H2,(H,21,24). The molecule has 1 saturated heterocycles. The van der Waals surface area contributed by atoms with Gasteiger partial charge in [-0.3, -0.25) is 9.59 Å². The van der Waals surface area contributed by atoms with Gasteiger partial charge in [-0.05, 0) is 42.7 Å². The summed E-state index contributed by atoms with van der Waals surface area (Å²) in [4.78, 5) is 26.5. The molecule has 1 unspecified atom stereocenters. The van der Waals surface area contributed by atoms with Crippen LogP contribution >= 0.6 is 0 Å². The van der Waals surface area contributed by atoms with Crippen LogP contribution in [0.15, 0.2) is 41.0 Å². The number of furan rings is 1. The second kappa shape index (κ2) is 7.73. The van der Waals surface area contributed by atoms with E-state index in [0.29, 0.717) is 19.8 Å². The minimum absolute atomic E-state index is 0.0184. The van der Waals surface area contributed by atoms with Crippen molar-refractivity contribution in [3.8, 4) is 11.5 Å². The number of rotatable bonds is 4. The Morgan fingerprint density at radius 2 is 1.96 bits per heavy atom. The smallest absolute Gasteiger partial charge is 0.287 e. The molecular weight excluding hydrogens is 348 g/mol. The predicted molar refractivity (Wildman–Crippen MR) is 96.8 cm³/mol. The zero-order valence-corrected chi connectivity index (χ0v) is 15.0. The Hall–Kier alpha value is -2.96. The zero-order chi connectivity index (χ0) is 18.6. The number of amides is 2. The van der Waals surface area contributed by atoms with Gasteiger partial charge in [0.1, 0.15) is 0 Å². The van der Waals surface area contributed by atoms with Crippen LogP contribution in [0.3, 0.4) is 0 Å². The summed E-state index contributed by atoms with van der Waals surface area (Å²) in [6.07, 6.45) is 4.10. The molecule has 1 aromatic heterocycles. The van der Waals surface area contributed by atoms with Gasteiger partial charge in [0.2, 0.25) is 5.91 Å². The Balaban J connectivity index is 1.43. The van der Waals surface area contributed by atoms with Crippen molar-refractivity contribution in [3.05, 3.63) is 47.9 Å². The fourth-order valence-corrected chi connectivity index (χ4v) is 3.55. The van der Waals surface area contributed by atoms with Gasteiger partial charge in [0.05, 0.1) is 32.1 Å². The van der Waals surface area contributed by atoms with Crippen LogP contribution in [0.1, 0.15) is 41.4 Å². The number of fused-ring (bicyclic) bond motifs is 1. The molecule has 4 rings (SSSR count). The van der Waals surface area contributed by atoms with E-state index in [-0.39, 0.29) is 30.2 Å². The lowest BCUT2D eigenvalue weighted by atomic mass is 10.0. The number of likely N-dealkylation sites (tertiary alicyclic amines) is 1. The highest BCUT2D eigenvalue weighted by molar-refractivity contribution is 5.94. The zero-order valence-electron chi connectivity index (χ0n) is 15.0. The molecule has 1 fully saturated rings. The molecule has 2 aliphatic heterocycles. The Morgan fingerprint density at radius 3 is 2.78 bits per heavy atom. The van der Waals surface area contributed by atoms with E-state index in [1.165, 1.54) is 6.26 Å². The molecule has 7 nitrogen and oxygen atoms in total. The largest absolute Gasteiger partial charge is 0.490 e. The highest BCUT2D eigenvalue weighted by Gasteiger charge is 2.31.